The van der Waals surface area contributed by atoms with E-state index >= 15 is 0 Å². The van der Waals surface area contributed by atoms with Crippen LogP contribution < -0.4 is 10.5 Å². The molecule has 3 rings (SSSR count). The van der Waals surface area contributed by atoms with Crippen LogP contribution in [0.25, 0.3) is 10.9 Å². The van der Waals surface area contributed by atoms with Gasteiger partial charge in [0, 0.05) is 30.1 Å². The second kappa shape index (κ2) is 9.58. The van der Waals surface area contributed by atoms with Crippen LogP contribution in [0.3, 0.4) is 0 Å². The number of fused-ring (bicyclic) bond motifs is 1. The summed E-state index contributed by atoms with van der Waals surface area (Å²) < 4.78 is 16.8. The molecular weight excluding hydrogens is 368 g/mol. The number of carbonyl (C=O) groups excluding carboxylic acids is 1. The lowest BCUT2D eigenvalue weighted by Crippen LogP contribution is -2.41. The minimum atomic E-state index is -0.849. The molecule has 0 saturated carbocycles. The average molecular weight is 396 g/mol. The molecule has 0 saturated heterocycles. The maximum absolute atomic E-state index is 12.5. The SMILES string of the molecule is COCC(c1c[nH]c2cccc(OCc3ccccc3)c12)C(N)C(=O)OC(C)C. The molecule has 2 aromatic carbocycles. The van der Waals surface area contributed by atoms with E-state index in [1.165, 1.54) is 0 Å². The van der Waals surface area contributed by atoms with Gasteiger partial charge in [0.15, 0.2) is 0 Å². The number of hydrogen-bond acceptors (Lipinski definition) is 5. The Morgan fingerprint density at radius 2 is 1.86 bits per heavy atom. The third-order valence-electron chi connectivity index (χ3n) is 4.74. The van der Waals surface area contributed by atoms with Crippen molar-refractivity contribution in [3.05, 3.63) is 65.9 Å². The molecule has 154 valence electrons. The Morgan fingerprint density at radius 3 is 2.55 bits per heavy atom. The van der Waals surface area contributed by atoms with Gasteiger partial charge in [-0.3, -0.25) is 4.79 Å². The Labute approximate surface area is 171 Å². The highest BCUT2D eigenvalue weighted by atomic mass is 16.5. The zero-order valence-corrected chi connectivity index (χ0v) is 17.1. The number of carbonyl (C=O) groups is 1. The van der Waals surface area contributed by atoms with Gasteiger partial charge >= 0.3 is 5.97 Å². The molecule has 0 aliphatic carbocycles. The molecular formula is C23H28N2O4. The second-order valence-corrected chi connectivity index (χ2v) is 7.27. The number of benzene rings is 2. The predicted molar refractivity (Wildman–Crippen MR) is 113 cm³/mol. The van der Waals surface area contributed by atoms with E-state index in [0.717, 1.165) is 27.8 Å². The van der Waals surface area contributed by atoms with E-state index in [4.69, 9.17) is 19.9 Å². The Kier molecular flexibility index (Phi) is 6.90. The third kappa shape index (κ3) is 4.96. The first kappa shape index (κ1) is 20.9. The Morgan fingerprint density at radius 1 is 1.10 bits per heavy atom. The molecule has 3 N–H and O–H groups in total. The summed E-state index contributed by atoms with van der Waals surface area (Å²) in [7, 11) is 1.59. The van der Waals surface area contributed by atoms with Crippen LogP contribution in [0, 0.1) is 0 Å². The summed E-state index contributed by atoms with van der Waals surface area (Å²) in [6.07, 6.45) is 1.64. The number of methoxy groups -OCH3 is 1. The van der Waals surface area contributed by atoms with Crippen molar-refractivity contribution in [2.75, 3.05) is 13.7 Å². The van der Waals surface area contributed by atoms with Crippen LogP contribution >= 0.6 is 0 Å². The summed E-state index contributed by atoms with van der Waals surface area (Å²) >= 11 is 0. The van der Waals surface area contributed by atoms with Gasteiger partial charge in [0.1, 0.15) is 18.4 Å². The molecule has 0 bridgehead atoms. The molecule has 6 nitrogen and oxygen atoms in total. The Bertz CT molecular complexity index is 936. The first-order valence-electron chi connectivity index (χ1n) is 9.73. The topological polar surface area (TPSA) is 86.6 Å². The molecule has 0 spiro atoms. The van der Waals surface area contributed by atoms with Crippen LogP contribution in [0.4, 0.5) is 0 Å². The Hall–Kier alpha value is -2.83. The maximum atomic E-state index is 12.5. The normalized spacial score (nSPS) is 13.4. The van der Waals surface area contributed by atoms with E-state index in [1.54, 1.807) is 21.0 Å². The molecule has 0 radical (unpaired) electrons. The smallest absolute Gasteiger partial charge is 0.323 e. The number of nitrogens with one attached hydrogen (secondary N) is 1. The Balaban J connectivity index is 1.93. The van der Waals surface area contributed by atoms with Crippen molar-refractivity contribution in [3.8, 4) is 5.75 Å². The lowest BCUT2D eigenvalue weighted by atomic mass is 9.92. The monoisotopic (exact) mass is 396 g/mol. The van der Waals surface area contributed by atoms with Gasteiger partial charge in [0.05, 0.1) is 12.7 Å². The number of esters is 1. The fourth-order valence-corrected chi connectivity index (χ4v) is 3.37. The molecule has 3 aromatic rings. The maximum Gasteiger partial charge on any atom is 0.323 e. The van der Waals surface area contributed by atoms with Crippen molar-refractivity contribution in [2.45, 2.75) is 38.5 Å². The lowest BCUT2D eigenvalue weighted by molar-refractivity contribution is -0.149. The quantitative estimate of drug-likeness (QED) is 0.538. The number of nitrogens with two attached hydrogens (primary N) is 1. The number of H-pyrrole nitrogens is 1. The minimum absolute atomic E-state index is 0.232. The molecule has 6 heteroatoms. The molecule has 0 fully saturated rings. The predicted octanol–water partition coefficient (Wildman–Crippen LogP) is 3.76. The highest BCUT2D eigenvalue weighted by Gasteiger charge is 2.31. The molecule has 29 heavy (non-hydrogen) atoms. The van der Waals surface area contributed by atoms with E-state index in [-0.39, 0.29) is 18.6 Å². The summed E-state index contributed by atoms with van der Waals surface area (Å²) in [4.78, 5) is 15.7. The van der Waals surface area contributed by atoms with Gasteiger partial charge in [-0.1, -0.05) is 36.4 Å². The van der Waals surface area contributed by atoms with Gasteiger partial charge in [0.2, 0.25) is 0 Å². The molecule has 0 aliphatic rings. The summed E-state index contributed by atoms with van der Waals surface area (Å²) in [5.41, 5.74) is 9.15. The van der Waals surface area contributed by atoms with Crippen molar-refractivity contribution >= 4 is 16.9 Å². The fourth-order valence-electron chi connectivity index (χ4n) is 3.37. The third-order valence-corrected chi connectivity index (χ3v) is 4.74. The number of rotatable bonds is 9. The standard InChI is InChI=1S/C23H28N2O4/c1-15(2)29-23(26)22(24)18(14-27-3)17-12-25-19-10-7-11-20(21(17)19)28-13-16-8-5-4-6-9-16/h4-12,15,18,22,25H,13-14,24H2,1-3H3. The highest BCUT2D eigenvalue weighted by molar-refractivity contribution is 5.91. The molecule has 0 aliphatic heterocycles. The number of hydrogen-bond donors (Lipinski definition) is 2. The minimum Gasteiger partial charge on any atom is -0.488 e. The van der Waals surface area contributed by atoms with Crippen LogP contribution in [0.15, 0.2) is 54.7 Å². The molecule has 1 aromatic heterocycles. The van der Waals surface area contributed by atoms with Crippen LogP contribution in [0.1, 0.15) is 30.9 Å². The first-order valence-corrected chi connectivity index (χ1v) is 9.73. The van der Waals surface area contributed by atoms with Gasteiger partial charge in [-0.05, 0) is 37.1 Å². The van der Waals surface area contributed by atoms with Crippen LogP contribution in [-0.4, -0.2) is 36.8 Å². The van der Waals surface area contributed by atoms with Crippen LogP contribution in [0.2, 0.25) is 0 Å². The first-order chi connectivity index (χ1) is 14.0. The molecule has 2 unspecified atom stereocenters. The number of aromatic nitrogens is 1. The van der Waals surface area contributed by atoms with Gasteiger partial charge in [-0.2, -0.15) is 0 Å². The largest absolute Gasteiger partial charge is 0.488 e. The second-order valence-electron chi connectivity index (χ2n) is 7.27. The highest BCUT2D eigenvalue weighted by Crippen LogP contribution is 2.35. The van der Waals surface area contributed by atoms with Crippen molar-refractivity contribution in [3.63, 3.8) is 0 Å². The van der Waals surface area contributed by atoms with Gasteiger partial charge in [-0.15, -0.1) is 0 Å². The zero-order valence-electron chi connectivity index (χ0n) is 17.1. The fraction of sp³-hybridized carbons (Fsp3) is 0.348. The van der Waals surface area contributed by atoms with E-state index in [0.29, 0.717) is 6.61 Å². The van der Waals surface area contributed by atoms with Gasteiger partial charge < -0.3 is 24.9 Å². The summed E-state index contributed by atoms with van der Waals surface area (Å²) in [5.74, 6) is -0.0892. The van der Waals surface area contributed by atoms with Gasteiger partial charge in [-0.25, -0.2) is 0 Å². The van der Waals surface area contributed by atoms with E-state index in [1.807, 2.05) is 54.7 Å². The summed E-state index contributed by atoms with van der Waals surface area (Å²) in [6.45, 7) is 4.34. The van der Waals surface area contributed by atoms with Crippen molar-refractivity contribution in [1.82, 2.24) is 4.98 Å². The summed E-state index contributed by atoms with van der Waals surface area (Å²) in [6, 6.07) is 14.9. The van der Waals surface area contributed by atoms with Crippen LogP contribution in [-0.2, 0) is 20.9 Å². The van der Waals surface area contributed by atoms with Gasteiger partial charge in [0.25, 0.3) is 0 Å². The summed E-state index contributed by atoms with van der Waals surface area (Å²) in [5, 5.41) is 0.901. The van der Waals surface area contributed by atoms with Crippen molar-refractivity contribution < 1.29 is 19.0 Å². The van der Waals surface area contributed by atoms with Crippen molar-refractivity contribution in [2.24, 2.45) is 5.73 Å². The molecule has 0 amide bonds. The molecule has 2 atom stereocenters. The molecule has 1 heterocycles. The van der Waals surface area contributed by atoms with E-state index in [9.17, 15) is 4.79 Å². The van der Waals surface area contributed by atoms with E-state index < -0.39 is 12.0 Å². The van der Waals surface area contributed by atoms with E-state index in [2.05, 4.69) is 4.98 Å². The number of aromatic amines is 1. The zero-order chi connectivity index (χ0) is 20.8. The lowest BCUT2D eigenvalue weighted by Gasteiger charge is -2.23. The van der Waals surface area contributed by atoms with Crippen LogP contribution in [0.5, 0.6) is 5.75 Å². The average Bonchev–Trinajstić information content (AvgIpc) is 3.14. The van der Waals surface area contributed by atoms with Crippen molar-refractivity contribution in [1.29, 1.82) is 0 Å². The number of ether oxygens (including phenoxy) is 3.